The lowest BCUT2D eigenvalue weighted by Gasteiger charge is -2.20. The van der Waals surface area contributed by atoms with E-state index >= 15 is 0 Å². The lowest BCUT2D eigenvalue weighted by atomic mass is 10.0. The number of rotatable bonds is 6. The smallest absolute Gasteiger partial charge is 0.219 e. The van der Waals surface area contributed by atoms with Gasteiger partial charge >= 0.3 is 0 Å². The van der Waals surface area contributed by atoms with E-state index in [0.717, 1.165) is 16.8 Å². The molecule has 0 spiro atoms. The number of amides is 1. The van der Waals surface area contributed by atoms with E-state index in [-0.39, 0.29) is 11.9 Å². The Hall–Kier alpha value is -2.80. The summed E-state index contributed by atoms with van der Waals surface area (Å²) in [4.78, 5) is 13.4. The highest BCUT2D eigenvalue weighted by Gasteiger charge is 2.09. The van der Waals surface area contributed by atoms with Crippen LogP contribution in [0.2, 0.25) is 0 Å². The zero-order valence-corrected chi connectivity index (χ0v) is 14.4. The van der Waals surface area contributed by atoms with Gasteiger partial charge in [0.15, 0.2) is 0 Å². The van der Waals surface area contributed by atoms with Gasteiger partial charge in [0.2, 0.25) is 5.91 Å². The average Bonchev–Trinajstić information content (AvgIpc) is 2.59. The second-order valence-electron chi connectivity index (χ2n) is 5.84. The molecule has 1 unspecified atom stereocenters. The molecule has 0 fully saturated rings. The van der Waals surface area contributed by atoms with Gasteiger partial charge < -0.3 is 10.2 Å². The number of carbonyl (C=O) groups is 1. The van der Waals surface area contributed by atoms with Gasteiger partial charge in [-0.05, 0) is 49.2 Å². The zero-order valence-electron chi connectivity index (χ0n) is 14.4. The molecule has 124 valence electrons. The number of carbonyl (C=O) groups excluding carboxylic acids is 1. The minimum Gasteiger partial charge on any atom is -0.379 e. The first-order valence-corrected chi connectivity index (χ1v) is 8.14. The predicted molar refractivity (Wildman–Crippen MR) is 96.4 cm³/mol. The van der Waals surface area contributed by atoms with Gasteiger partial charge in [0, 0.05) is 31.7 Å². The molecule has 1 atom stereocenters. The standard InChI is InChI=1S/C20H23N3O/c1-4-23(16(3)24)14-18-8-6-10-20(12-18)22-15(2)19-9-5-7-17(11-19)13-21/h5-12,15,22H,4,14H2,1-3H3. The molecule has 0 bridgehead atoms. The maximum Gasteiger partial charge on any atom is 0.219 e. The van der Waals surface area contributed by atoms with Gasteiger partial charge in [-0.3, -0.25) is 4.79 Å². The number of hydrogen-bond acceptors (Lipinski definition) is 3. The van der Waals surface area contributed by atoms with E-state index in [0.29, 0.717) is 18.7 Å². The number of nitrogens with one attached hydrogen (secondary N) is 1. The van der Waals surface area contributed by atoms with E-state index in [9.17, 15) is 4.79 Å². The summed E-state index contributed by atoms with van der Waals surface area (Å²) in [6.07, 6.45) is 0. The average molecular weight is 321 g/mol. The van der Waals surface area contributed by atoms with Gasteiger partial charge in [0.05, 0.1) is 11.6 Å². The highest BCUT2D eigenvalue weighted by atomic mass is 16.2. The Labute approximate surface area is 143 Å². The summed E-state index contributed by atoms with van der Waals surface area (Å²) in [5, 5.41) is 12.5. The highest BCUT2D eigenvalue weighted by Crippen LogP contribution is 2.21. The summed E-state index contributed by atoms with van der Waals surface area (Å²) in [5.41, 5.74) is 3.82. The Morgan fingerprint density at radius 3 is 2.67 bits per heavy atom. The van der Waals surface area contributed by atoms with Gasteiger partial charge in [-0.25, -0.2) is 0 Å². The lowest BCUT2D eigenvalue weighted by Crippen LogP contribution is -2.27. The Kier molecular flexibility index (Phi) is 5.97. The fourth-order valence-electron chi connectivity index (χ4n) is 2.64. The van der Waals surface area contributed by atoms with Gasteiger partial charge in [-0.15, -0.1) is 0 Å². The number of nitrogens with zero attached hydrogens (tertiary/aromatic N) is 2. The minimum absolute atomic E-state index is 0.0811. The molecule has 2 aromatic rings. The molecule has 0 saturated carbocycles. The molecule has 0 aliphatic rings. The SMILES string of the molecule is CCN(Cc1cccc(NC(C)c2cccc(C#N)c2)c1)C(C)=O. The van der Waals surface area contributed by atoms with Crippen molar-refractivity contribution in [3.8, 4) is 6.07 Å². The van der Waals surface area contributed by atoms with Crippen molar-refractivity contribution in [2.45, 2.75) is 33.4 Å². The molecule has 1 N–H and O–H groups in total. The molecule has 0 heterocycles. The molecule has 4 nitrogen and oxygen atoms in total. The van der Waals surface area contributed by atoms with Crippen LogP contribution >= 0.6 is 0 Å². The monoisotopic (exact) mass is 321 g/mol. The third kappa shape index (κ3) is 4.60. The maximum atomic E-state index is 11.6. The van der Waals surface area contributed by atoms with Crippen LogP contribution in [0.4, 0.5) is 5.69 Å². The van der Waals surface area contributed by atoms with Crippen LogP contribution in [0.1, 0.15) is 43.5 Å². The zero-order chi connectivity index (χ0) is 17.5. The van der Waals surface area contributed by atoms with Crippen molar-refractivity contribution < 1.29 is 4.79 Å². The Balaban J connectivity index is 2.11. The van der Waals surface area contributed by atoms with Crippen LogP contribution in [-0.2, 0) is 11.3 Å². The molecule has 0 saturated heterocycles. The first kappa shape index (κ1) is 17.6. The largest absolute Gasteiger partial charge is 0.379 e. The van der Waals surface area contributed by atoms with E-state index in [4.69, 9.17) is 5.26 Å². The van der Waals surface area contributed by atoms with Crippen LogP contribution in [0.3, 0.4) is 0 Å². The van der Waals surface area contributed by atoms with Crippen molar-refractivity contribution in [1.29, 1.82) is 5.26 Å². The van der Waals surface area contributed by atoms with Crippen molar-refractivity contribution in [1.82, 2.24) is 4.90 Å². The number of hydrogen-bond donors (Lipinski definition) is 1. The molecule has 4 heteroatoms. The van der Waals surface area contributed by atoms with Crippen LogP contribution in [0, 0.1) is 11.3 Å². The molecule has 0 aromatic heterocycles. The van der Waals surface area contributed by atoms with Crippen LogP contribution < -0.4 is 5.32 Å². The van der Waals surface area contributed by atoms with E-state index in [2.05, 4.69) is 24.4 Å². The summed E-state index contributed by atoms with van der Waals surface area (Å²) in [6.45, 7) is 6.95. The van der Waals surface area contributed by atoms with Gasteiger partial charge in [0.25, 0.3) is 0 Å². The Morgan fingerprint density at radius 2 is 2.00 bits per heavy atom. The van der Waals surface area contributed by atoms with Crippen LogP contribution in [0.25, 0.3) is 0 Å². The predicted octanol–water partition coefficient (Wildman–Crippen LogP) is 4.10. The fraction of sp³-hybridized carbons (Fsp3) is 0.300. The molecule has 0 aliphatic heterocycles. The Bertz CT molecular complexity index is 749. The molecular formula is C20H23N3O. The summed E-state index contributed by atoms with van der Waals surface area (Å²) in [5.74, 6) is 0.0811. The van der Waals surface area contributed by atoms with Crippen molar-refractivity contribution in [3.63, 3.8) is 0 Å². The summed E-state index contributed by atoms with van der Waals surface area (Å²) < 4.78 is 0. The van der Waals surface area contributed by atoms with Gasteiger partial charge in [-0.2, -0.15) is 5.26 Å². The van der Waals surface area contributed by atoms with E-state index < -0.39 is 0 Å². The molecule has 0 aliphatic carbocycles. The maximum absolute atomic E-state index is 11.6. The molecule has 1 amide bonds. The highest BCUT2D eigenvalue weighted by molar-refractivity contribution is 5.73. The quantitative estimate of drug-likeness (QED) is 0.871. The summed E-state index contributed by atoms with van der Waals surface area (Å²) >= 11 is 0. The number of nitriles is 1. The van der Waals surface area contributed by atoms with Crippen molar-refractivity contribution in [3.05, 3.63) is 65.2 Å². The third-order valence-electron chi connectivity index (χ3n) is 4.03. The molecule has 0 radical (unpaired) electrons. The van der Waals surface area contributed by atoms with E-state index in [1.54, 1.807) is 17.9 Å². The van der Waals surface area contributed by atoms with Crippen molar-refractivity contribution >= 4 is 11.6 Å². The summed E-state index contributed by atoms with van der Waals surface area (Å²) in [7, 11) is 0. The number of benzene rings is 2. The lowest BCUT2D eigenvalue weighted by molar-refractivity contribution is -0.129. The van der Waals surface area contributed by atoms with E-state index in [1.165, 1.54) is 0 Å². The van der Waals surface area contributed by atoms with Gasteiger partial charge in [0.1, 0.15) is 0 Å². The second-order valence-corrected chi connectivity index (χ2v) is 5.84. The molecule has 24 heavy (non-hydrogen) atoms. The third-order valence-corrected chi connectivity index (χ3v) is 4.03. The molecule has 2 rings (SSSR count). The first-order chi connectivity index (χ1) is 11.5. The first-order valence-electron chi connectivity index (χ1n) is 8.14. The van der Waals surface area contributed by atoms with Crippen molar-refractivity contribution in [2.75, 3.05) is 11.9 Å². The minimum atomic E-state index is 0.0811. The van der Waals surface area contributed by atoms with Crippen LogP contribution in [-0.4, -0.2) is 17.4 Å². The number of anilines is 1. The van der Waals surface area contributed by atoms with Crippen LogP contribution in [0.15, 0.2) is 48.5 Å². The second kappa shape index (κ2) is 8.16. The van der Waals surface area contributed by atoms with E-state index in [1.807, 2.05) is 43.3 Å². The normalized spacial score (nSPS) is 11.4. The fourth-order valence-corrected chi connectivity index (χ4v) is 2.64. The topological polar surface area (TPSA) is 56.1 Å². The van der Waals surface area contributed by atoms with Crippen molar-refractivity contribution in [2.24, 2.45) is 0 Å². The summed E-state index contributed by atoms with van der Waals surface area (Å²) in [6, 6.07) is 18.0. The molecule has 2 aromatic carbocycles. The van der Waals surface area contributed by atoms with Gasteiger partial charge in [-0.1, -0.05) is 24.3 Å². The Morgan fingerprint density at radius 1 is 1.25 bits per heavy atom. The van der Waals surface area contributed by atoms with Crippen LogP contribution in [0.5, 0.6) is 0 Å². The molecular weight excluding hydrogens is 298 g/mol.